The molecule has 3 heterocycles. The maximum Gasteiger partial charge on any atom is 0.135 e. The number of nitriles is 1. The molecular weight excluding hydrogens is 574 g/mol. The van der Waals surface area contributed by atoms with Crippen LogP contribution in [0, 0.1) is 11.3 Å². The summed E-state index contributed by atoms with van der Waals surface area (Å²) in [6, 6.07) is 55.6. The van der Waals surface area contributed by atoms with Gasteiger partial charge in [0.05, 0.1) is 33.7 Å². The quantitative estimate of drug-likeness (QED) is 0.203. The third-order valence-electron chi connectivity index (χ3n) is 9.54. The summed E-state index contributed by atoms with van der Waals surface area (Å²) in [4.78, 5) is 0. The first-order valence-corrected chi connectivity index (χ1v) is 15.7. The number of hydrogen-bond acceptors (Lipinski definition) is 2. The molecule has 47 heavy (non-hydrogen) atoms. The summed E-state index contributed by atoms with van der Waals surface area (Å²) in [6.45, 7) is 0. The highest BCUT2D eigenvalue weighted by molar-refractivity contribution is 6.17. The molecule has 3 aromatic heterocycles. The van der Waals surface area contributed by atoms with Crippen LogP contribution in [0.15, 0.2) is 156 Å². The lowest BCUT2D eigenvalue weighted by molar-refractivity contribution is 0.669. The van der Waals surface area contributed by atoms with Crippen LogP contribution in [0.3, 0.4) is 0 Å². The Balaban J connectivity index is 1.23. The Labute approximate surface area is 269 Å². The van der Waals surface area contributed by atoms with Crippen molar-refractivity contribution in [3.05, 3.63) is 157 Å². The zero-order valence-corrected chi connectivity index (χ0v) is 25.2. The Morgan fingerprint density at radius 3 is 1.94 bits per heavy atom. The molecular formula is C43H25N3O. The van der Waals surface area contributed by atoms with Crippen LogP contribution in [-0.4, -0.2) is 9.13 Å². The fourth-order valence-corrected chi connectivity index (χ4v) is 7.51. The second-order valence-corrected chi connectivity index (χ2v) is 12.1. The largest absolute Gasteiger partial charge is 0.456 e. The molecule has 0 saturated carbocycles. The van der Waals surface area contributed by atoms with Gasteiger partial charge < -0.3 is 13.6 Å². The van der Waals surface area contributed by atoms with Gasteiger partial charge in [0.1, 0.15) is 11.2 Å². The van der Waals surface area contributed by atoms with Gasteiger partial charge in [0.15, 0.2) is 0 Å². The zero-order valence-electron chi connectivity index (χ0n) is 25.2. The minimum Gasteiger partial charge on any atom is -0.456 e. The second-order valence-electron chi connectivity index (χ2n) is 12.1. The Kier molecular flexibility index (Phi) is 5.32. The van der Waals surface area contributed by atoms with Crippen LogP contribution in [0.1, 0.15) is 5.56 Å². The van der Waals surface area contributed by atoms with Gasteiger partial charge in [0, 0.05) is 43.7 Å². The first kappa shape index (κ1) is 25.7. The van der Waals surface area contributed by atoms with Gasteiger partial charge in [0.25, 0.3) is 0 Å². The molecule has 0 spiro atoms. The number of aromatic nitrogens is 2. The number of hydrogen-bond donors (Lipinski definition) is 0. The molecule has 0 unspecified atom stereocenters. The molecule has 0 N–H and O–H groups in total. The van der Waals surface area contributed by atoms with Crippen molar-refractivity contribution in [1.29, 1.82) is 5.26 Å². The van der Waals surface area contributed by atoms with E-state index < -0.39 is 0 Å². The second kappa shape index (κ2) is 9.71. The lowest BCUT2D eigenvalue weighted by Crippen LogP contribution is -1.93. The van der Waals surface area contributed by atoms with Crippen molar-refractivity contribution in [1.82, 2.24) is 9.13 Å². The smallest absolute Gasteiger partial charge is 0.135 e. The molecule has 0 fully saturated rings. The average molecular weight is 600 g/mol. The van der Waals surface area contributed by atoms with Crippen LogP contribution in [-0.2, 0) is 0 Å². The fourth-order valence-electron chi connectivity index (χ4n) is 7.51. The fraction of sp³-hybridized carbons (Fsp3) is 0. The summed E-state index contributed by atoms with van der Waals surface area (Å²) in [5, 5.41) is 16.4. The highest BCUT2D eigenvalue weighted by Gasteiger charge is 2.19. The summed E-state index contributed by atoms with van der Waals surface area (Å²) in [6.07, 6.45) is 0. The van der Waals surface area contributed by atoms with Crippen molar-refractivity contribution in [2.45, 2.75) is 0 Å². The third-order valence-corrected chi connectivity index (χ3v) is 9.54. The van der Waals surface area contributed by atoms with E-state index in [1.807, 2.05) is 18.2 Å². The van der Waals surface area contributed by atoms with Crippen molar-refractivity contribution >= 4 is 65.6 Å². The topological polar surface area (TPSA) is 46.8 Å². The van der Waals surface area contributed by atoms with E-state index in [2.05, 4.69) is 143 Å². The molecule has 4 nitrogen and oxygen atoms in total. The van der Waals surface area contributed by atoms with E-state index in [0.717, 1.165) is 44.3 Å². The third kappa shape index (κ3) is 3.69. The van der Waals surface area contributed by atoms with Crippen LogP contribution in [0.4, 0.5) is 0 Å². The maximum absolute atomic E-state index is 9.55. The van der Waals surface area contributed by atoms with E-state index in [1.165, 1.54) is 43.7 Å². The maximum atomic E-state index is 9.55. The number of para-hydroxylation sites is 3. The van der Waals surface area contributed by atoms with Gasteiger partial charge in [-0.2, -0.15) is 5.26 Å². The molecule has 218 valence electrons. The number of benzene rings is 7. The van der Waals surface area contributed by atoms with E-state index in [-0.39, 0.29) is 0 Å². The Hall–Kier alpha value is -6.57. The van der Waals surface area contributed by atoms with Crippen molar-refractivity contribution in [3.8, 4) is 28.6 Å². The van der Waals surface area contributed by atoms with Crippen LogP contribution >= 0.6 is 0 Å². The minimum absolute atomic E-state index is 0.621. The average Bonchev–Trinajstić information content (AvgIpc) is 3.78. The van der Waals surface area contributed by atoms with Gasteiger partial charge in [-0.25, -0.2) is 0 Å². The van der Waals surface area contributed by atoms with Gasteiger partial charge >= 0.3 is 0 Å². The Morgan fingerprint density at radius 2 is 1.11 bits per heavy atom. The number of fused-ring (bicyclic) bond motifs is 9. The molecule has 0 saturated heterocycles. The van der Waals surface area contributed by atoms with E-state index in [0.29, 0.717) is 5.56 Å². The summed E-state index contributed by atoms with van der Waals surface area (Å²) in [7, 11) is 0. The van der Waals surface area contributed by atoms with E-state index in [4.69, 9.17) is 4.42 Å². The van der Waals surface area contributed by atoms with Crippen LogP contribution in [0.25, 0.3) is 88.1 Å². The summed E-state index contributed by atoms with van der Waals surface area (Å²) in [5.41, 5.74) is 11.5. The SMILES string of the molecule is N#Cc1ccc2oc3ccc(-n4c5ccccc5c5c(-c6ccc7c(c6)c6ccccc6n7-c6ccccc6)cccc54)cc3c2c1. The van der Waals surface area contributed by atoms with Gasteiger partial charge in [-0.15, -0.1) is 0 Å². The monoisotopic (exact) mass is 599 g/mol. The van der Waals surface area contributed by atoms with Crippen molar-refractivity contribution in [2.75, 3.05) is 0 Å². The molecule has 0 radical (unpaired) electrons. The normalized spacial score (nSPS) is 11.8. The van der Waals surface area contributed by atoms with Crippen LogP contribution in [0.2, 0.25) is 0 Å². The van der Waals surface area contributed by atoms with Crippen molar-refractivity contribution in [2.24, 2.45) is 0 Å². The summed E-state index contributed by atoms with van der Waals surface area (Å²) < 4.78 is 10.9. The van der Waals surface area contributed by atoms with Gasteiger partial charge in [-0.3, -0.25) is 0 Å². The molecule has 10 rings (SSSR count). The molecule has 10 aromatic rings. The Bertz CT molecular complexity index is 2910. The van der Waals surface area contributed by atoms with E-state index in [9.17, 15) is 5.26 Å². The molecule has 0 amide bonds. The molecule has 0 aliphatic heterocycles. The van der Waals surface area contributed by atoms with Gasteiger partial charge in [-0.1, -0.05) is 72.8 Å². The lowest BCUT2D eigenvalue weighted by atomic mass is 9.98. The van der Waals surface area contributed by atoms with Gasteiger partial charge in [-0.05, 0) is 90.0 Å². The van der Waals surface area contributed by atoms with Crippen molar-refractivity contribution < 1.29 is 4.42 Å². The van der Waals surface area contributed by atoms with E-state index in [1.54, 1.807) is 6.07 Å². The lowest BCUT2D eigenvalue weighted by Gasteiger charge is -2.10. The van der Waals surface area contributed by atoms with E-state index >= 15 is 0 Å². The van der Waals surface area contributed by atoms with Crippen LogP contribution < -0.4 is 0 Å². The zero-order chi connectivity index (χ0) is 31.1. The van der Waals surface area contributed by atoms with Crippen LogP contribution in [0.5, 0.6) is 0 Å². The number of rotatable bonds is 3. The highest BCUT2D eigenvalue weighted by Crippen LogP contribution is 2.41. The molecule has 0 bridgehead atoms. The first-order valence-electron chi connectivity index (χ1n) is 15.7. The number of furan rings is 1. The van der Waals surface area contributed by atoms with Crippen molar-refractivity contribution in [3.63, 3.8) is 0 Å². The first-order chi connectivity index (χ1) is 23.3. The highest BCUT2D eigenvalue weighted by atomic mass is 16.3. The molecule has 7 aromatic carbocycles. The Morgan fingerprint density at radius 1 is 0.447 bits per heavy atom. The summed E-state index contributed by atoms with van der Waals surface area (Å²) in [5.74, 6) is 0. The predicted molar refractivity (Wildman–Crippen MR) is 193 cm³/mol. The summed E-state index contributed by atoms with van der Waals surface area (Å²) >= 11 is 0. The molecule has 4 heteroatoms. The minimum atomic E-state index is 0.621. The number of nitrogens with zero attached hydrogens (tertiary/aromatic N) is 3. The molecule has 0 aliphatic carbocycles. The van der Waals surface area contributed by atoms with Gasteiger partial charge in [0.2, 0.25) is 0 Å². The molecule has 0 aliphatic rings. The standard InChI is InChI=1S/C43H25N3O/c44-26-27-17-21-41-35(23-27)36-25-30(19-22-42(36)47-41)46-38-15-7-5-12-33(38)43-31(13-8-16-40(43)46)28-18-20-39-34(24-28)32-11-4-6-14-37(32)45(39)29-9-2-1-3-10-29/h1-25H. The molecule has 0 atom stereocenters. The predicted octanol–water partition coefficient (Wildman–Crippen LogP) is 11.3.